The number of primary sulfonamides is 1. The van der Waals surface area contributed by atoms with E-state index in [1.54, 1.807) is 44.2 Å². The molecule has 0 aliphatic carbocycles. The van der Waals surface area contributed by atoms with Crippen LogP contribution in [-0.4, -0.2) is 31.5 Å². The van der Waals surface area contributed by atoms with Crippen molar-refractivity contribution in [1.29, 1.82) is 0 Å². The molecule has 0 aliphatic heterocycles. The number of sulfonamides is 1. The largest absolute Gasteiger partial charge is 0.362 e. The Balaban J connectivity index is 2.43. The summed E-state index contributed by atoms with van der Waals surface area (Å²) in [7, 11) is -8.50. The van der Waals surface area contributed by atoms with E-state index >= 15 is 0 Å². The van der Waals surface area contributed by atoms with Crippen molar-refractivity contribution >= 4 is 45.5 Å². The summed E-state index contributed by atoms with van der Waals surface area (Å²) in [4.78, 5) is 21.4. The standard InChI is InChI=1S/C21H23N4O9PS/c1-3-33-35(30,34-4-2)21(14-9-6-5-7-10-14)23-20-15-11-8-12-18(36(22,31)32)19(15)16(24(26)27)13-17(20)25(28)29/h5-13,21,23H,3-4H2,1-2H3,(H2,22,31,32). The molecule has 192 valence electrons. The van der Waals surface area contributed by atoms with Crippen LogP contribution in [0.15, 0.2) is 59.5 Å². The molecule has 0 saturated carbocycles. The summed E-state index contributed by atoms with van der Waals surface area (Å²) in [6.07, 6.45) is 0. The lowest BCUT2D eigenvalue weighted by atomic mass is 10.0. The van der Waals surface area contributed by atoms with Gasteiger partial charge in [-0.1, -0.05) is 42.5 Å². The molecule has 3 aromatic rings. The maximum absolute atomic E-state index is 13.8. The van der Waals surface area contributed by atoms with Gasteiger partial charge in [0.25, 0.3) is 11.4 Å². The Hall–Kier alpha value is -3.42. The minimum atomic E-state index is -4.47. The van der Waals surface area contributed by atoms with Crippen LogP contribution in [0.2, 0.25) is 0 Å². The van der Waals surface area contributed by atoms with Crippen LogP contribution < -0.4 is 10.5 Å². The van der Waals surface area contributed by atoms with Crippen molar-refractivity contribution in [2.75, 3.05) is 18.5 Å². The first-order valence-electron chi connectivity index (χ1n) is 10.6. The number of nitrogens with two attached hydrogens (primary N) is 1. The molecule has 15 heteroatoms. The quantitative estimate of drug-likeness (QED) is 0.196. The number of rotatable bonds is 11. The van der Waals surface area contributed by atoms with Crippen molar-refractivity contribution in [3.63, 3.8) is 0 Å². The predicted octanol–water partition coefficient (Wildman–Crippen LogP) is 4.68. The molecule has 3 rings (SSSR count). The van der Waals surface area contributed by atoms with Gasteiger partial charge in [0.05, 0.1) is 39.4 Å². The summed E-state index contributed by atoms with van der Waals surface area (Å²) in [5.74, 6) is -1.29. The van der Waals surface area contributed by atoms with Crippen molar-refractivity contribution in [3.05, 3.63) is 80.4 Å². The fourth-order valence-electron chi connectivity index (χ4n) is 3.76. The number of nitro groups is 2. The van der Waals surface area contributed by atoms with E-state index in [4.69, 9.17) is 14.2 Å². The van der Waals surface area contributed by atoms with E-state index in [1.165, 1.54) is 12.1 Å². The zero-order valence-electron chi connectivity index (χ0n) is 19.2. The molecule has 0 aliphatic rings. The summed E-state index contributed by atoms with van der Waals surface area (Å²) in [6.45, 7) is 3.16. The third-order valence-corrected chi connectivity index (χ3v) is 8.36. The number of fused-ring (bicyclic) bond motifs is 1. The molecule has 0 spiro atoms. The Bertz CT molecular complexity index is 1460. The van der Waals surface area contributed by atoms with Gasteiger partial charge in [0.1, 0.15) is 5.69 Å². The summed E-state index contributed by atoms with van der Waals surface area (Å²) in [5.41, 5.74) is -1.52. The van der Waals surface area contributed by atoms with Gasteiger partial charge in [-0.05, 0) is 25.5 Å². The monoisotopic (exact) mass is 538 g/mol. The number of anilines is 1. The maximum Gasteiger partial charge on any atom is 0.357 e. The molecular weight excluding hydrogens is 515 g/mol. The molecule has 0 fully saturated rings. The Morgan fingerprint density at radius 3 is 2.06 bits per heavy atom. The lowest BCUT2D eigenvalue weighted by Gasteiger charge is -2.28. The summed E-state index contributed by atoms with van der Waals surface area (Å²) in [6, 6.07) is 12.4. The highest BCUT2D eigenvalue weighted by atomic mass is 32.2. The van der Waals surface area contributed by atoms with Crippen LogP contribution in [0.4, 0.5) is 17.1 Å². The van der Waals surface area contributed by atoms with E-state index in [-0.39, 0.29) is 24.3 Å². The molecule has 0 aromatic heterocycles. The number of non-ortho nitro benzene ring substituents is 1. The topological polar surface area (TPSA) is 194 Å². The van der Waals surface area contributed by atoms with Gasteiger partial charge >= 0.3 is 7.60 Å². The average molecular weight is 538 g/mol. The molecule has 3 N–H and O–H groups in total. The minimum absolute atomic E-state index is 0.0129. The third kappa shape index (κ3) is 5.37. The van der Waals surface area contributed by atoms with Gasteiger partial charge in [-0.3, -0.25) is 24.8 Å². The van der Waals surface area contributed by atoms with E-state index in [0.717, 1.165) is 6.07 Å². The number of nitrogens with zero attached hydrogens (tertiary/aromatic N) is 2. The van der Waals surface area contributed by atoms with Crippen molar-refractivity contribution in [2.45, 2.75) is 24.5 Å². The van der Waals surface area contributed by atoms with Crippen molar-refractivity contribution in [2.24, 2.45) is 5.14 Å². The highest BCUT2D eigenvalue weighted by Gasteiger charge is 2.40. The molecule has 1 unspecified atom stereocenters. The second-order valence-electron chi connectivity index (χ2n) is 7.36. The van der Waals surface area contributed by atoms with E-state index in [2.05, 4.69) is 5.32 Å². The van der Waals surface area contributed by atoms with E-state index in [9.17, 15) is 33.2 Å². The highest BCUT2D eigenvalue weighted by molar-refractivity contribution is 7.89. The number of hydrogen-bond donors (Lipinski definition) is 2. The maximum atomic E-state index is 13.8. The van der Waals surface area contributed by atoms with Crippen molar-refractivity contribution < 1.29 is 31.9 Å². The Morgan fingerprint density at radius 1 is 0.972 bits per heavy atom. The molecule has 36 heavy (non-hydrogen) atoms. The molecule has 0 heterocycles. The first kappa shape index (κ1) is 27.2. The summed E-state index contributed by atoms with van der Waals surface area (Å²) < 4.78 is 49.3. The van der Waals surface area contributed by atoms with Crippen LogP contribution >= 0.6 is 7.60 Å². The lowest BCUT2D eigenvalue weighted by Crippen LogP contribution is -2.17. The molecule has 0 bridgehead atoms. The second-order valence-corrected chi connectivity index (χ2v) is 11.0. The van der Waals surface area contributed by atoms with Gasteiger partial charge in [-0.15, -0.1) is 0 Å². The number of nitrogens with one attached hydrogen (secondary N) is 1. The van der Waals surface area contributed by atoms with E-state index in [0.29, 0.717) is 11.6 Å². The van der Waals surface area contributed by atoms with Crippen LogP contribution in [0, 0.1) is 20.2 Å². The SMILES string of the molecule is CCOP(=O)(OCC)C(Nc1c([N+](=O)[O-])cc([N+](=O)[O-])c2c(S(N)(=O)=O)cccc12)c1ccccc1. The van der Waals surface area contributed by atoms with Gasteiger partial charge in [-0.25, -0.2) is 13.6 Å². The zero-order chi connectivity index (χ0) is 26.7. The van der Waals surface area contributed by atoms with Gasteiger partial charge in [0.2, 0.25) is 10.0 Å². The highest BCUT2D eigenvalue weighted by Crippen LogP contribution is 2.61. The Kier molecular flexibility index (Phi) is 8.06. The zero-order valence-corrected chi connectivity index (χ0v) is 20.9. The second kappa shape index (κ2) is 10.7. The van der Waals surface area contributed by atoms with E-state index < -0.39 is 54.9 Å². The van der Waals surface area contributed by atoms with Gasteiger partial charge in [-0.2, -0.15) is 0 Å². The van der Waals surface area contributed by atoms with Crippen LogP contribution in [0.5, 0.6) is 0 Å². The summed E-state index contributed by atoms with van der Waals surface area (Å²) in [5, 5.41) is 31.3. The lowest BCUT2D eigenvalue weighted by molar-refractivity contribution is -0.392. The van der Waals surface area contributed by atoms with Crippen molar-refractivity contribution in [1.82, 2.24) is 0 Å². The molecule has 1 atom stereocenters. The first-order chi connectivity index (χ1) is 16.9. The van der Waals surface area contributed by atoms with E-state index in [1.807, 2.05) is 0 Å². The molecule has 0 saturated heterocycles. The number of hydrogen-bond acceptors (Lipinski definition) is 10. The fourth-order valence-corrected chi connectivity index (χ4v) is 6.44. The van der Waals surface area contributed by atoms with Crippen molar-refractivity contribution in [3.8, 4) is 0 Å². The molecular formula is C21H23N4O9PS. The van der Waals surface area contributed by atoms with Gasteiger partial charge in [0.15, 0.2) is 5.78 Å². The smallest absolute Gasteiger partial charge is 0.357 e. The molecule has 13 nitrogen and oxygen atoms in total. The van der Waals surface area contributed by atoms with Gasteiger partial charge in [0, 0.05) is 5.39 Å². The average Bonchev–Trinajstić information content (AvgIpc) is 2.81. The first-order valence-corrected chi connectivity index (χ1v) is 13.7. The van der Waals surface area contributed by atoms with Crippen LogP contribution in [-0.2, 0) is 23.6 Å². The molecule has 0 radical (unpaired) electrons. The van der Waals surface area contributed by atoms with Crippen LogP contribution in [0.1, 0.15) is 25.2 Å². The van der Waals surface area contributed by atoms with Crippen LogP contribution in [0.25, 0.3) is 10.8 Å². The normalized spacial score (nSPS) is 12.9. The fraction of sp³-hybridized carbons (Fsp3) is 0.238. The molecule has 0 amide bonds. The Labute approximate surface area is 206 Å². The molecule has 3 aromatic carbocycles. The Morgan fingerprint density at radius 2 is 1.56 bits per heavy atom. The van der Waals surface area contributed by atoms with Crippen LogP contribution in [0.3, 0.4) is 0 Å². The summed E-state index contributed by atoms with van der Waals surface area (Å²) >= 11 is 0. The van der Waals surface area contributed by atoms with Gasteiger partial charge < -0.3 is 14.4 Å². The third-order valence-electron chi connectivity index (χ3n) is 5.11. The number of benzene rings is 3. The number of nitro benzene ring substituents is 2. The predicted molar refractivity (Wildman–Crippen MR) is 132 cm³/mol. The minimum Gasteiger partial charge on any atom is -0.362 e.